The van der Waals surface area contributed by atoms with Gasteiger partial charge in [-0.1, -0.05) is 52.4 Å². The first-order valence-electron chi connectivity index (χ1n) is 7.41. The number of nitrogens with one attached hydrogen (secondary N) is 2. The van der Waals surface area contributed by atoms with Gasteiger partial charge < -0.3 is 5.32 Å². The molecule has 0 radical (unpaired) electrons. The van der Waals surface area contributed by atoms with Crippen molar-refractivity contribution in [2.45, 2.75) is 20.7 Å². The predicted molar refractivity (Wildman–Crippen MR) is 106 cm³/mol. The van der Waals surface area contributed by atoms with Gasteiger partial charge in [0.2, 0.25) is 5.01 Å². The Kier molecular flexibility index (Phi) is 5.44. The number of rotatable bonds is 4. The molecule has 0 saturated carbocycles. The van der Waals surface area contributed by atoms with Crippen molar-refractivity contribution in [3.8, 4) is 0 Å². The van der Waals surface area contributed by atoms with E-state index in [1.807, 2.05) is 6.07 Å². The lowest BCUT2D eigenvalue weighted by atomic mass is 10.2. The Labute approximate surface area is 174 Å². The van der Waals surface area contributed by atoms with Crippen LogP contribution < -0.4 is 10.0 Å². The second-order valence-electron chi connectivity index (χ2n) is 5.27. The Morgan fingerprint density at radius 3 is 2.81 bits per heavy atom. The van der Waals surface area contributed by atoms with Crippen LogP contribution in [0.4, 0.5) is 5.69 Å². The number of nitrogens with zero attached hydrogens (tertiary/aromatic N) is 3. The first-order valence-corrected chi connectivity index (χ1v) is 10.9. The number of aromatic nitrogens is 3. The molecule has 2 aromatic heterocycles. The molecule has 0 bridgehead atoms. The number of carbonyl (C=O) groups excluding carboxylic acids is 1. The van der Waals surface area contributed by atoms with E-state index in [0.29, 0.717) is 36.4 Å². The number of halogens is 2. The molecule has 27 heavy (non-hydrogen) atoms. The van der Waals surface area contributed by atoms with Gasteiger partial charge in [0.15, 0.2) is 4.34 Å². The highest BCUT2D eigenvalue weighted by atomic mass is 35.5. The van der Waals surface area contributed by atoms with Crippen LogP contribution in [0, 0.1) is 0 Å². The number of carbonyl (C=O) groups is 1. The SMILES string of the molecule is O=C(Nc1ccc2c(c1)S(=O)NC2)c1nnc(Sc2c(Cl)cncc2Cl)s1. The highest BCUT2D eigenvalue weighted by Gasteiger charge is 2.20. The third kappa shape index (κ3) is 4.00. The highest BCUT2D eigenvalue weighted by molar-refractivity contribution is 8.01. The summed E-state index contributed by atoms with van der Waals surface area (Å²) in [6, 6.07) is 5.28. The number of benzene rings is 1. The lowest BCUT2D eigenvalue weighted by Gasteiger charge is -2.04. The quantitative estimate of drug-likeness (QED) is 0.618. The first kappa shape index (κ1) is 18.8. The van der Waals surface area contributed by atoms with E-state index < -0.39 is 16.9 Å². The van der Waals surface area contributed by atoms with Crippen LogP contribution in [0.5, 0.6) is 0 Å². The minimum atomic E-state index is -1.25. The molecular formula is C15H9Cl2N5O2S3. The van der Waals surface area contributed by atoms with E-state index in [9.17, 15) is 9.00 Å². The Hall–Kier alpha value is -1.56. The zero-order chi connectivity index (χ0) is 19.0. The summed E-state index contributed by atoms with van der Waals surface area (Å²) < 4.78 is 15.2. The molecular weight excluding hydrogens is 449 g/mol. The minimum absolute atomic E-state index is 0.193. The summed E-state index contributed by atoms with van der Waals surface area (Å²) in [4.78, 5) is 17.6. The van der Waals surface area contributed by atoms with Crippen LogP contribution in [0.25, 0.3) is 0 Å². The van der Waals surface area contributed by atoms with E-state index in [0.717, 1.165) is 16.9 Å². The van der Waals surface area contributed by atoms with Gasteiger partial charge in [0, 0.05) is 24.6 Å². The summed E-state index contributed by atoms with van der Waals surface area (Å²) in [6.45, 7) is 0.549. The Morgan fingerprint density at radius 2 is 2.04 bits per heavy atom. The molecule has 0 saturated heterocycles. The van der Waals surface area contributed by atoms with E-state index in [2.05, 4.69) is 25.2 Å². The van der Waals surface area contributed by atoms with Crippen molar-refractivity contribution in [2.75, 3.05) is 5.32 Å². The molecule has 0 spiro atoms. The summed E-state index contributed by atoms with van der Waals surface area (Å²) in [5.74, 6) is -0.400. The van der Waals surface area contributed by atoms with E-state index in [1.54, 1.807) is 12.1 Å². The average molecular weight is 458 g/mol. The molecule has 0 fully saturated rings. The van der Waals surface area contributed by atoms with Gasteiger partial charge in [0.1, 0.15) is 11.0 Å². The van der Waals surface area contributed by atoms with Gasteiger partial charge in [-0.25, -0.2) is 8.93 Å². The van der Waals surface area contributed by atoms with Crippen LogP contribution >= 0.6 is 46.3 Å². The molecule has 7 nitrogen and oxygen atoms in total. The second-order valence-corrected chi connectivity index (χ2v) is 9.59. The fourth-order valence-corrected chi connectivity index (χ4v) is 5.62. The minimum Gasteiger partial charge on any atom is -0.320 e. The van der Waals surface area contributed by atoms with E-state index in [-0.39, 0.29) is 5.01 Å². The standard InChI is InChI=1S/C15H9Cl2N5O2S3/c16-9-5-18-6-10(17)12(9)25-15-22-21-14(26-15)13(23)20-8-2-1-7-4-19-27(24)11(7)3-8/h1-3,5-6,19H,4H2,(H,20,23). The average Bonchev–Trinajstić information content (AvgIpc) is 3.26. The molecule has 4 rings (SSSR count). The van der Waals surface area contributed by atoms with Crippen molar-refractivity contribution in [3.63, 3.8) is 0 Å². The Morgan fingerprint density at radius 1 is 1.26 bits per heavy atom. The van der Waals surface area contributed by atoms with Gasteiger partial charge >= 0.3 is 0 Å². The second kappa shape index (κ2) is 7.82. The summed E-state index contributed by atoms with van der Waals surface area (Å²) in [7, 11) is -1.25. The molecule has 2 N–H and O–H groups in total. The molecule has 1 aromatic carbocycles. The zero-order valence-electron chi connectivity index (χ0n) is 13.2. The largest absolute Gasteiger partial charge is 0.320 e. The summed E-state index contributed by atoms with van der Waals surface area (Å²) in [6.07, 6.45) is 2.97. The van der Waals surface area contributed by atoms with Gasteiger partial charge in [-0.05, 0) is 17.7 Å². The molecule has 1 amide bonds. The molecule has 1 atom stereocenters. The summed E-state index contributed by atoms with van der Waals surface area (Å²) in [5.41, 5.74) is 1.49. The van der Waals surface area contributed by atoms with Crippen LogP contribution in [0.2, 0.25) is 10.0 Å². The predicted octanol–water partition coefficient (Wildman–Crippen LogP) is 3.77. The van der Waals surface area contributed by atoms with Gasteiger partial charge in [-0.3, -0.25) is 9.78 Å². The van der Waals surface area contributed by atoms with Crippen molar-refractivity contribution in [3.05, 3.63) is 51.2 Å². The number of hydrogen-bond donors (Lipinski definition) is 2. The molecule has 1 aliphatic heterocycles. The number of hydrogen-bond acceptors (Lipinski definition) is 7. The van der Waals surface area contributed by atoms with E-state index in [1.165, 1.54) is 24.2 Å². The molecule has 12 heteroatoms. The molecule has 1 aliphatic rings. The van der Waals surface area contributed by atoms with Gasteiger partial charge in [-0.15, -0.1) is 10.2 Å². The zero-order valence-corrected chi connectivity index (χ0v) is 17.2. The lowest BCUT2D eigenvalue weighted by molar-refractivity contribution is 0.102. The van der Waals surface area contributed by atoms with Crippen LogP contribution in [0.3, 0.4) is 0 Å². The normalized spacial score (nSPS) is 15.6. The van der Waals surface area contributed by atoms with Crippen molar-refractivity contribution in [1.29, 1.82) is 0 Å². The smallest absolute Gasteiger partial charge is 0.286 e. The number of anilines is 1. The Balaban J connectivity index is 1.49. The van der Waals surface area contributed by atoms with E-state index >= 15 is 0 Å². The van der Waals surface area contributed by atoms with Crippen molar-refractivity contribution < 1.29 is 9.00 Å². The number of pyridine rings is 1. The number of fused-ring (bicyclic) bond motifs is 1. The van der Waals surface area contributed by atoms with Crippen LogP contribution in [-0.2, 0) is 17.5 Å². The van der Waals surface area contributed by atoms with Crippen LogP contribution in [-0.4, -0.2) is 25.3 Å². The maximum Gasteiger partial charge on any atom is 0.286 e. The fourth-order valence-electron chi connectivity index (χ4n) is 2.28. The molecule has 3 aromatic rings. The van der Waals surface area contributed by atoms with Gasteiger partial charge in [0.25, 0.3) is 5.91 Å². The first-order chi connectivity index (χ1) is 13.0. The molecule has 3 heterocycles. The van der Waals surface area contributed by atoms with Crippen molar-refractivity contribution in [1.82, 2.24) is 19.9 Å². The monoisotopic (exact) mass is 457 g/mol. The third-order valence-electron chi connectivity index (χ3n) is 3.52. The third-order valence-corrected chi connectivity index (χ3v) is 7.62. The molecule has 138 valence electrons. The molecule has 0 aliphatic carbocycles. The maximum absolute atomic E-state index is 12.4. The lowest BCUT2D eigenvalue weighted by Crippen LogP contribution is -2.12. The number of amides is 1. The topological polar surface area (TPSA) is 96.9 Å². The molecule has 1 unspecified atom stereocenters. The van der Waals surface area contributed by atoms with Crippen molar-refractivity contribution >= 4 is 68.9 Å². The maximum atomic E-state index is 12.4. The van der Waals surface area contributed by atoms with Crippen LogP contribution in [0.15, 0.2) is 44.7 Å². The van der Waals surface area contributed by atoms with Gasteiger partial charge in [-0.2, -0.15) is 0 Å². The summed E-state index contributed by atoms with van der Waals surface area (Å²) >= 11 is 14.5. The van der Waals surface area contributed by atoms with Crippen molar-refractivity contribution in [2.24, 2.45) is 0 Å². The van der Waals surface area contributed by atoms with Gasteiger partial charge in [0.05, 0.1) is 19.8 Å². The fraction of sp³-hybridized carbons (Fsp3) is 0.0667. The van der Waals surface area contributed by atoms with E-state index in [4.69, 9.17) is 23.2 Å². The van der Waals surface area contributed by atoms with Crippen LogP contribution in [0.1, 0.15) is 15.4 Å². The Bertz CT molecular complexity index is 1060. The highest BCUT2D eigenvalue weighted by Crippen LogP contribution is 2.39. The summed E-state index contributed by atoms with van der Waals surface area (Å²) in [5, 5.41) is 11.6.